The highest BCUT2D eigenvalue weighted by Crippen LogP contribution is 2.27. The Morgan fingerprint density at radius 2 is 1.00 bits per heavy atom. The fourth-order valence-corrected chi connectivity index (χ4v) is 3.48. The molecule has 2 saturated carbocycles. The van der Waals surface area contributed by atoms with Gasteiger partial charge in [-0.05, 0) is 37.5 Å². The Morgan fingerprint density at radius 1 is 0.647 bits per heavy atom. The number of nitrogens with two attached hydrogens (primary N) is 2. The number of rotatable bonds is 4. The molecule has 2 unspecified atom stereocenters. The Hall–Kier alpha value is -0.120. The van der Waals surface area contributed by atoms with Crippen LogP contribution in [0.2, 0.25) is 0 Å². The van der Waals surface area contributed by atoms with Gasteiger partial charge in [-0.15, -0.1) is 0 Å². The van der Waals surface area contributed by atoms with E-state index in [1.165, 1.54) is 64.2 Å². The van der Waals surface area contributed by atoms with Crippen molar-refractivity contribution in [2.45, 2.75) is 76.5 Å². The third-order valence-corrected chi connectivity index (χ3v) is 4.70. The van der Waals surface area contributed by atoms with Gasteiger partial charge in [0, 0.05) is 0 Å². The summed E-state index contributed by atoms with van der Waals surface area (Å²) >= 11 is 0. The SMILES string of the molecule is NC(NC(N)C1CCCCC1)C1CCCCC1. The summed E-state index contributed by atoms with van der Waals surface area (Å²) in [7, 11) is 0. The molecule has 0 heterocycles. The largest absolute Gasteiger partial charge is 0.316 e. The van der Waals surface area contributed by atoms with E-state index in [1.807, 2.05) is 0 Å². The molecule has 0 amide bonds. The highest BCUT2D eigenvalue weighted by molar-refractivity contribution is 4.81. The van der Waals surface area contributed by atoms with Crippen LogP contribution in [0.25, 0.3) is 0 Å². The molecular weight excluding hydrogens is 210 g/mol. The van der Waals surface area contributed by atoms with Crippen LogP contribution in [-0.4, -0.2) is 12.3 Å². The molecule has 0 radical (unpaired) electrons. The van der Waals surface area contributed by atoms with Crippen molar-refractivity contribution < 1.29 is 0 Å². The third-order valence-electron chi connectivity index (χ3n) is 4.70. The second-order valence-electron chi connectivity index (χ2n) is 6.01. The van der Waals surface area contributed by atoms with Crippen LogP contribution in [0.3, 0.4) is 0 Å². The van der Waals surface area contributed by atoms with Crippen molar-refractivity contribution in [1.29, 1.82) is 0 Å². The minimum atomic E-state index is 0.118. The molecule has 2 fully saturated rings. The lowest BCUT2D eigenvalue weighted by molar-refractivity contribution is 0.206. The van der Waals surface area contributed by atoms with E-state index in [4.69, 9.17) is 11.5 Å². The Morgan fingerprint density at radius 3 is 1.35 bits per heavy atom. The average molecular weight is 239 g/mol. The lowest BCUT2D eigenvalue weighted by Gasteiger charge is -2.34. The van der Waals surface area contributed by atoms with E-state index in [-0.39, 0.29) is 12.3 Å². The van der Waals surface area contributed by atoms with E-state index < -0.39 is 0 Å². The van der Waals surface area contributed by atoms with Crippen LogP contribution in [-0.2, 0) is 0 Å². The molecule has 3 nitrogen and oxygen atoms in total. The van der Waals surface area contributed by atoms with Gasteiger partial charge in [0.05, 0.1) is 12.3 Å². The van der Waals surface area contributed by atoms with Gasteiger partial charge in [0.1, 0.15) is 0 Å². The van der Waals surface area contributed by atoms with Crippen molar-refractivity contribution in [3.63, 3.8) is 0 Å². The maximum Gasteiger partial charge on any atom is 0.0587 e. The molecule has 2 aliphatic carbocycles. The van der Waals surface area contributed by atoms with Gasteiger partial charge >= 0.3 is 0 Å². The monoisotopic (exact) mass is 239 g/mol. The van der Waals surface area contributed by atoms with Crippen LogP contribution < -0.4 is 16.8 Å². The van der Waals surface area contributed by atoms with Crippen LogP contribution in [0.15, 0.2) is 0 Å². The van der Waals surface area contributed by atoms with Gasteiger partial charge in [-0.3, -0.25) is 5.32 Å². The summed E-state index contributed by atoms with van der Waals surface area (Å²) in [6.07, 6.45) is 13.5. The lowest BCUT2D eigenvalue weighted by Crippen LogP contribution is -2.55. The summed E-state index contributed by atoms with van der Waals surface area (Å²) in [4.78, 5) is 0. The molecule has 0 saturated heterocycles. The van der Waals surface area contributed by atoms with E-state index in [1.54, 1.807) is 0 Å². The summed E-state index contributed by atoms with van der Waals surface area (Å²) in [6, 6.07) is 0. The average Bonchev–Trinajstić information content (AvgIpc) is 2.40. The quantitative estimate of drug-likeness (QED) is 0.660. The predicted molar refractivity (Wildman–Crippen MR) is 72.2 cm³/mol. The Kier molecular flexibility index (Phi) is 5.26. The normalized spacial score (nSPS) is 27.9. The standard InChI is InChI=1S/C14H29N3/c15-13(11-7-3-1-4-8-11)17-14(16)12-9-5-2-6-10-12/h11-14,17H,1-10,15-16H2. The molecule has 2 rings (SSSR count). The van der Waals surface area contributed by atoms with Crippen molar-refractivity contribution in [1.82, 2.24) is 5.32 Å². The summed E-state index contributed by atoms with van der Waals surface area (Å²) < 4.78 is 0. The minimum absolute atomic E-state index is 0.118. The molecule has 2 atom stereocenters. The zero-order valence-electron chi connectivity index (χ0n) is 11.0. The van der Waals surface area contributed by atoms with Gasteiger partial charge in [0.15, 0.2) is 0 Å². The fourth-order valence-electron chi connectivity index (χ4n) is 3.48. The van der Waals surface area contributed by atoms with Crippen LogP contribution in [0.5, 0.6) is 0 Å². The number of hydrogen-bond donors (Lipinski definition) is 3. The first-order chi connectivity index (χ1) is 8.27. The van der Waals surface area contributed by atoms with Crippen molar-refractivity contribution in [3.05, 3.63) is 0 Å². The highest BCUT2D eigenvalue weighted by Gasteiger charge is 2.25. The second kappa shape index (κ2) is 6.72. The van der Waals surface area contributed by atoms with Gasteiger partial charge < -0.3 is 11.5 Å². The fraction of sp³-hybridized carbons (Fsp3) is 1.00. The van der Waals surface area contributed by atoms with Gasteiger partial charge in [-0.2, -0.15) is 0 Å². The molecule has 0 aliphatic heterocycles. The zero-order valence-corrected chi connectivity index (χ0v) is 11.0. The topological polar surface area (TPSA) is 64.1 Å². The predicted octanol–water partition coefficient (Wildman–Crippen LogP) is 2.31. The molecule has 2 aliphatic rings. The number of hydrogen-bond acceptors (Lipinski definition) is 3. The maximum absolute atomic E-state index is 6.26. The summed E-state index contributed by atoms with van der Waals surface area (Å²) in [6.45, 7) is 0. The Labute approximate surface area is 106 Å². The van der Waals surface area contributed by atoms with Gasteiger partial charge in [0.25, 0.3) is 0 Å². The smallest absolute Gasteiger partial charge is 0.0587 e. The molecule has 100 valence electrons. The van der Waals surface area contributed by atoms with E-state index in [2.05, 4.69) is 5.32 Å². The minimum Gasteiger partial charge on any atom is -0.316 e. The Balaban J connectivity index is 1.74. The van der Waals surface area contributed by atoms with E-state index in [9.17, 15) is 0 Å². The summed E-state index contributed by atoms with van der Waals surface area (Å²) in [5.41, 5.74) is 12.5. The van der Waals surface area contributed by atoms with Crippen LogP contribution in [0, 0.1) is 11.8 Å². The molecular formula is C14H29N3. The zero-order chi connectivity index (χ0) is 12.1. The molecule has 0 aromatic carbocycles. The molecule has 0 bridgehead atoms. The van der Waals surface area contributed by atoms with Gasteiger partial charge in [-0.1, -0.05) is 38.5 Å². The first-order valence-corrected chi connectivity index (χ1v) is 7.54. The van der Waals surface area contributed by atoms with E-state index >= 15 is 0 Å². The van der Waals surface area contributed by atoms with Crippen LogP contribution >= 0.6 is 0 Å². The molecule has 17 heavy (non-hydrogen) atoms. The van der Waals surface area contributed by atoms with Crippen LogP contribution in [0.1, 0.15) is 64.2 Å². The first-order valence-electron chi connectivity index (χ1n) is 7.54. The van der Waals surface area contributed by atoms with Gasteiger partial charge in [-0.25, -0.2) is 0 Å². The van der Waals surface area contributed by atoms with Crippen LogP contribution in [0.4, 0.5) is 0 Å². The van der Waals surface area contributed by atoms with Gasteiger partial charge in [0.2, 0.25) is 0 Å². The lowest BCUT2D eigenvalue weighted by atomic mass is 9.85. The molecule has 0 aromatic rings. The Bertz CT molecular complexity index is 186. The number of nitrogens with one attached hydrogen (secondary N) is 1. The van der Waals surface area contributed by atoms with E-state index in [0.717, 1.165) is 0 Å². The third kappa shape index (κ3) is 3.94. The molecule has 0 spiro atoms. The van der Waals surface area contributed by atoms with Crippen molar-refractivity contribution in [3.8, 4) is 0 Å². The molecule has 0 aromatic heterocycles. The van der Waals surface area contributed by atoms with E-state index in [0.29, 0.717) is 11.8 Å². The first kappa shape index (κ1) is 13.3. The van der Waals surface area contributed by atoms with Crippen molar-refractivity contribution in [2.24, 2.45) is 23.3 Å². The molecule has 3 heteroatoms. The van der Waals surface area contributed by atoms with Crippen molar-refractivity contribution >= 4 is 0 Å². The maximum atomic E-state index is 6.26. The second-order valence-corrected chi connectivity index (χ2v) is 6.01. The molecule has 5 N–H and O–H groups in total. The highest BCUT2D eigenvalue weighted by atomic mass is 15.1. The van der Waals surface area contributed by atoms with Crippen molar-refractivity contribution in [2.75, 3.05) is 0 Å². The summed E-state index contributed by atoms with van der Waals surface area (Å²) in [5.74, 6) is 1.30. The summed E-state index contributed by atoms with van der Waals surface area (Å²) in [5, 5.41) is 3.47.